The van der Waals surface area contributed by atoms with Crippen LogP contribution in [0, 0.1) is 19.8 Å². The van der Waals surface area contributed by atoms with E-state index >= 15 is 0 Å². The molecule has 1 aliphatic carbocycles. The highest BCUT2D eigenvalue weighted by atomic mass is 16.2. The molecule has 24 heavy (non-hydrogen) atoms. The topological polar surface area (TPSA) is 66.6 Å². The Morgan fingerprint density at radius 3 is 2.62 bits per heavy atom. The van der Waals surface area contributed by atoms with E-state index in [-0.39, 0.29) is 24.3 Å². The normalized spacial score (nSPS) is 24.5. The second-order valence-electron chi connectivity index (χ2n) is 7.21. The fourth-order valence-electron chi connectivity index (χ4n) is 3.64. The Kier molecular flexibility index (Phi) is 4.90. The van der Waals surface area contributed by atoms with Gasteiger partial charge < -0.3 is 10.6 Å². The number of carbonyl (C=O) groups excluding carboxylic acids is 2. The molecule has 0 radical (unpaired) electrons. The molecular formula is C19H27N3O2. The van der Waals surface area contributed by atoms with E-state index in [9.17, 15) is 9.59 Å². The minimum atomic E-state index is -0.299. The lowest BCUT2D eigenvalue weighted by Crippen LogP contribution is -2.38. The van der Waals surface area contributed by atoms with Gasteiger partial charge in [-0.25, -0.2) is 0 Å². The Morgan fingerprint density at radius 1 is 1.12 bits per heavy atom. The molecule has 1 heterocycles. The summed E-state index contributed by atoms with van der Waals surface area (Å²) < 4.78 is 0. The van der Waals surface area contributed by atoms with Crippen molar-refractivity contribution in [1.29, 1.82) is 0 Å². The van der Waals surface area contributed by atoms with Crippen LogP contribution < -0.4 is 5.73 Å². The van der Waals surface area contributed by atoms with Gasteiger partial charge in [-0.15, -0.1) is 0 Å². The van der Waals surface area contributed by atoms with E-state index in [0.717, 1.165) is 32.5 Å². The standard InChI is InChI=1S/C19H27N3O2/c1-13-4-5-15(10-14(13)2)16-11-17(16)19(24)22-7-3-6-21(8-9-22)12-18(20)23/h4-5,10,16-17H,3,6-9,11-12H2,1-2H3,(H2,20,23). The first-order valence-electron chi connectivity index (χ1n) is 8.82. The maximum absolute atomic E-state index is 12.8. The van der Waals surface area contributed by atoms with E-state index in [0.29, 0.717) is 12.5 Å². The van der Waals surface area contributed by atoms with Crippen LogP contribution in [0.25, 0.3) is 0 Å². The van der Waals surface area contributed by atoms with Crippen LogP contribution >= 0.6 is 0 Å². The van der Waals surface area contributed by atoms with Crippen molar-refractivity contribution in [2.75, 3.05) is 32.7 Å². The third-order valence-corrected chi connectivity index (χ3v) is 5.35. The lowest BCUT2D eigenvalue weighted by Gasteiger charge is -2.21. The molecule has 5 nitrogen and oxygen atoms in total. The zero-order chi connectivity index (χ0) is 17.3. The monoisotopic (exact) mass is 329 g/mol. The van der Waals surface area contributed by atoms with Crippen LogP contribution in [0.3, 0.4) is 0 Å². The summed E-state index contributed by atoms with van der Waals surface area (Å²) in [4.78, 5) is 27.9. The fraction of sp³-hybridized carbons (Fsp3) is 0.579. The van der Waals surface area contributed by atoms with E-state index in [1.54, 1.807) is 0 Å². The van der Waals surface area contributed by atoms with Gasteiger partial charge in [0.25, 0.3) is 0 Å². The van der Waals surface area contributed by atoms with Crippen molar-refractivity contribution in [3.63, 3.8) is 0 Å². The Labute approximate surface area is 143 Å². The third-order valence-electron chi connectivity index (χ3n) is 5.35. The molecule has 1 aromatic carbocycles. The quantitative estimate of drug-likeness (QED) is 0.909. The molecule has 2 atom stereocenters. The Bertz CT molecular complexity index is 643. The molecule has 2 fully saturated rings. The number of amides is 2. The average molecular weight is 329 g/mol. The van der Waals surface area contributed by atoms with Gasteiger partial charge in [-0.2, -0.15) is 0 Å². The summed E-state index contributed by atoms with van der Waals surface area (Å²) in [7, 11) is 0. The van der Waals surface area contributed by atoms with Crippen LogP contribution in [0.1, 0.15) is 35.4 Å². The molecule has 1 aromatic rings. The lowest BCUT2D eigenvalue weighted by molar-refractivity contribution is -0.132. The highest BCUT2D eigenvalue weighted by Gasteiger charge is 2.45. The van der Waals surface area contributed by atoms with Crippen molar-refractivity contribution in [3.8, 4) is 0 Å². The first-order chi connectivity index (χ1) is 11.5. The number of benzene rings is 1. The third kappa shape index (κ3) is 3.78. The first kappa shape index (κ1) is 17.0. The van der Waals surface area contributed by atoms with Gasteiger partial charge in [-0.1, -0.05) is 18.2 Å². The molecule has 2 N–H and O–H groups in total. The van der Waals surface area contributed by atoms with Gasteiger partial charge in [-0.3, -0.25) is 14.5 Å². The molecule has 3 rings (SSSR count). The molecule has 2 aliphatic rings. The molecule has 2 unspecified atom stereocenters. The van der Waals surface area contributed by atoms with E-state index in [2.05, 4.69) is 32.0 Å². The second-order valence-corrected chi connectivity index (χ2v) is 7.21. The van der Waals surface area contributed by atoms with Gasteiger partial charge in [-0.05, 0) is 49.3 Å². The predicted molar refractivity (Wildman–Crippen MR) is 93.6 cm³/mol. The molecule has 130 valence electrons. The van der Waals surface area contributed by atoms with Gasteiger partial charge in [0, 0.05) is 32.1 Å². The van der Waals surface area contributed by atoms with Crippen molar-refractivity contribution < 1.29 is 9.59 Å². The summed E-state index contributed by atoms with van der Waals surface area (Å²) in [5.74, 6) is 0.488. The van der Waals surface area contributed by atoms with Crippen molar-refractivity contribution in [3.05, 3.63) is 34.9 Å². The number of aryl methyl sites for hydroxylation is 2. The molecule has 0 aromatic heterocycles. The number of rotatable bonds is 4. The number of hydrogen-bond donors (Lipinski definition) is 1. The summed E-state index contributed by atoms with van der Waals surface area (Å²) in [6, 6.07) is 6.54. The number of primary amides is 1. The summed E-state index contributed by atoms with van der Waals surface area (Å²) in [6.45, 7) is 7.57. The molecule has 2 amide bonds. The highest BCUT2D eigenvalue weighted by Crippen LogP contribution is 2.48. The van der Waals surface area contributed by atoms with E-state index in [1.807, 2.05) is 9.80 Å². The van der Waals surface area contributed by atoms with Gasteiger partial charge in [0.15, 0.2) is 0 Å². The maximum atomic E-state index is 12.8. The summed E-state index contributed by atoms with van der Waals surface area (Å²) in [5.41, 5.74) is 9.15. The van der Waals surface area contributed by atoms with Crippen LogP contribution in [0.15, 0.2) is 18.2 Å². The number of hydrogen-bond acceptors (Lipinski definition) is 3. The summed E-state index contributed by atoms with van der Waals surface area (Å²) in [5, 5.41) is 0. The SMILES string of the molecule is Cc1ccc(C2CC2C(=O)N2CCCN(CC(N)=O)CC2)cc1C. The summed E-state index contributed by atoms with van der Waals surface area (Å²) >= 11 is 0. The minimum absolute atomic E-state index is 0.134. The molecule has 0 spiro atoms. The van der Waals surface area contributed by atoms with Crippen LogP contribution in [0.4, 0.5) is 0 Å². The number of carbonyl (C=O) groups is 2. The predicted octanol–water partition coefficient (Wildman–Crippen LogP) is 1.43. The Morgan fingerprint density at radius 2 is 1.92 bits per heavy atom. The molecule has 1 saturated heterocycles. The van der Waals surface area contributed by atoms with Crippen LogP contribution in [0.5, 0.6) is 0 Å². The van der Waals surface area contributed by atoms with E-state index in [4.69, 9.17) is 5.73 Å². The van der Waals surface area contributed by atoms with Crippen molar-refractivity contribution >= 4 is 11.8 Å². The van der Waals surface area contributed by atoms with Gasteiger partial charge >= 0.3 is 0 Å². The van der Waals surface area contributed by atoms with Crippen LogP contribution in [-0.2, 0) is 9.59 Å². The molecular weight excluding hydrogens is 302 g/mol. The minimum Gasteiger partial charge on any atom is -0.369 e. The number of nitrogens with two attached hydrogens (primary N) is 1. The fourth-order valence-corrected chi connectivity index (χ4v) is 3.64. The van der Waals surface area contributed by atoms with Crippen molar-refractivity contribution in [2.45, 2.75) is 32.6 Å². The zero-order valence-electron chi connectivity index (χ0n) is 14.6. The Balaban J connectivity index is 1.57. The highest BCUT2D eigenvalue weighted by molar-refractivity contribution is 5.83. The molecule has 1 saturated carbocycles. The van der Waals surface area contributed by atoms with Gasteiger partial charge in [0.1, 0.15) is 0 Å². The van der Waals surface area contributed by atoms with Gasteiger partial charge in [0.2, 0.25) is 11.8 Å². The zero-order valence-corrected chi connectivity index (χ0v) is 14.6. The Hall–Kier alpha value is -1.88. The average Bonchev–Trinajstić information content (AvgIpc) is 3.33. The lowest BCUT2D eigenvalue weighted by atomic mass is 10.0. The molecule has 5 heteroatoms. The van der Waals surface area contributed by atoms with Crippen LogP contribution in [-0.4, -0.2) is 54.3 Å². The maximum Gasteiger partial charge on any atom is 0.231 e. The number of nitrogens with zero attached hydrogens (tertiary/aromatic N) is 2. The molecule has 1 aliphatic heterocycles. The van der Waals surface area contributed by atoms with Crippen molar-refractivity contribution in [2.24, 2.45) is 11.7 Å². The van der Waals surface area contributed by atoms with E-state index in [1.165, 1.54) is 16.7 Å². The smallest absolute Gasteiger partial charge is 0.231 e. The largest absolute Gasteiger partial charge is 0.369 e. The van der Waals surface area contributed by atoms with E-state index < -0.39 is 0 Å². The van der Waals surface area contributed by atoms with Gasteiger partial charge in [0.05, 0.1) is 6.54 Å². The van der Waals surface area contributed by atoms with Crippen LogP contribution in [0.2, 0.25) is 0 Å². The summed E-state index contributed by atoms with van der Waals surface area (Å²) in [6.07, 6.45) is 1.86. The molecule has 0 bridgehead atoms. The van der Waals surface area contributed by atoms with Crippen molar-refractivity contribution in [1.82, 2.24) is 9.80 Å². The first-order valence-corrected chi connectivity index (χ1v) is 8.82. The second kappa shape index (κ2) is 6.93.